The number of benzene rings is 1. The molecule has 1 saturated heterocycles. The van der Waals surface area contributed by atoms with Crippen molar-refractivity contribution in [2.45, 2.75) is 32.4 Å². The lowest BCUT2D eigenvalue weighted by molar-refractivity contribution is -0.179. The van der Waals surface area contributed by atoms with Crippen LogP contribution in [0.2, 0.25) is 0 Å². The minimum absolute atomic E-state index is 0.180. The van der Waals surface area contributed by atoms with E-state index in [1.54, 1.807) is 0 Å². The molecule has 5 heteroatoms. The predicted molar refractivity (Wildman–Crippen MR) is 74.9 cm³/mol. The SMILES string of the molecule is Cc1ccc(N2CCC(C(F)(F)F)CC2)c(CCN)c1. The van der Waals surface area contributed by atoms with E-state index < -0.39 is 12.1 Å². The first-order valence-corrected chi connectivity index (χ1v) is 7.03. The number of aryl methyl sites for hydroxylation is 1. The van der Waals surface area contributed by atoms with E-state index in [1.165, 1.54) is 0 Å². The van der Waals surface area contributed by atoms with Gasteiger partial charge in [-0.15, -0.1) is 0 Å². The summed E-state index contributed by atoms with van der Waals surface area (Å²) in [5, 5.41) is 0. The number of rotatable bonds is 3. The van der Waals surface area contributed by atoms with Gasteiger partial charge in [-0.25, -0.2) is 0 Å². The van der Waals surface area contributed by atoms with Gasteiger partial charge < -0.3 is 10.6 Å². The number of piperidine rings is 1. The van der Waals surface area contributed by atoms with Gasteiger partial charge >= 0.3 is 6.18 Å². The van der Waals surface area contributed by atoms with Gasteiger partial charge in [0.15, 0.2) is 0 Å². The Bertz CT molecular complexity index is 449. The molecule has 1 aliphatic heterocycles. The summed E-state index contributed by atoms with van der Waals surface area (Å²) >= 11 is 0. The molecular formula is C15H21F3N2. The van der Waals surface area contributed by atoms with Crippen LogP contribution < -0.4 is 10.6 Å². The Labute approximate surface area is 117 Å². The molecule has 0 atom stereocenters. The van der Waals surface area contributed by atoms with Crippen molar-refractivity contribution in [3.8, 4) is 0 Å². The first-order valence-electron chi connectivity index (χ1n) is 7.03. The lowest BCUT2D eigenvalue weighted by atomic mass is 9.95. The molecule has 0 saturated carbocycles. The summed E-state index contributed by atoms with van der Waals surface area (Å²) in [4.78, 5) is 2.06. The highest BCUT2D eigenvalue weighted by Gasteiger charge is 2.41. The van der Waals surface area contributed by atoms with Crippen LogP contribution in [0.3, 0.4) is 0 Å². The minimum Gasteiger partial charge on any atom is -0.371 e. The van der Waals surface area contributed by atoms with Crippen LogP contribution in [0.15, 0.2) is 18.2 Å². The van der Waals surface area contributed by atoms with E-state index in [0.717, 1.165) is 23.2 Å². The molecule has 0 amide bonds. The van der Waals surface area contributed by atoms with Crippen molar-refractivity contribution in [3.05, 3.63) is 29.3 Å². The molecular weight excluding hydrogens is 265 g/mol. The number of hydrogen-bond acceptors (Lipinski definition) is 2. The number of halogens is 3. The summed E-state index contributed by atoms with van der Waals surface area (Å²) in [6.45, 7) is 3.49. The number of anilines is 1. The average molecular weight is 286 g/mol. The molecule has 1 aliphatic rings. The van der Waals surface area contributed by atoms with Crippen LogP contribution >= 0.6 is 0 Å². The second kappa shape index (κ2) is 6.04. The quantitative estimate of drug-likeness (QED) is 0.924. The Balaban J connectivity index is 2.10. The highest BCUT2D eigenvalue weighted by atomic mass is 19.4. The normalized spacial score (nSPS) is 17.6. The zero-order chi connectivity index (χ0) is 14.8. The zero-order valence-electron chi connectivity index (χ0n) is 11.7. The number of nitrogens with zero attached hydrogens (tertiary/aromatic N) is 1. The Morgan fingerprint density at radius 3 is 2.45 bits per heavy atom. The highest BCUT2D eigenvalue weighted by Crippen LogP contribution is 2.36. The van der Waals surface area contributed by atoms with Crippen LogP contribution in [0.1, 0.15) is 24.0 Å². The molecule has 2 N–H and O–H groups in total. The first-order chi connectivity index (χ1) is 9.41. The van der Waals surface area contributed by atoms with Crippen LogP contribution in [0.5, 0.6) is 0 Å². The van der Waals surface area contributed by atoms with E-state index in [9.17, 15) is 13.2 Å². The molecule has 20 heavy (non-hydrogen) atoms. The fraction of sp³-hybridized carbons (Fsp3) is 0.600. The van der Waals surface area contributed by atoms with Gasteiger partial charge in [-0.2, -0.15) is 13.2 Å². The van der Waals surface area contributed by atoms with Gasteiger partial charge in [0.2, 0.25) is 0 Å². The summed E-state index contributed by atoms with van der Waals surface area (Å²) in [6.07, 6.45) is -2.94. The molecule has 0 bridgehead atoms. The summed E-state index contributed by atoms with van der Waals surface area (Å²) in [5.74, 6) is -1.15. The average Bonchev–Trinajstić information content (AvgIpc) is 2.38. The molecule has 0 spiro atoms. The fourth-order valence-electron chi connectivity index (χ4n) is 2.83. The lowest BCUT2D eigenvalue weighted by Crippen LogP contribution is -2.39. The van der Waals surface area contributed by atoms with Crippen molar-refractivity contribution in [2.24, 2.45) is 11.7 Å². The van der Waals surface area contributed by atoms with E-state index in [-0.39, 0.29) is 12.8 Å². The Hall–Kier alpha value is -1.23. The molecule has 1 fully saturated rings. The van der Waals surface area contributed by atoms with E-state index in [0.29, 0.717) is 19.6 Å². The van der Waals surface area contributed by atoms with Gasteiger partial charge in [0, 0.05) is 18.8 Å². The van der Waals surface area contributed by atoms with E-state index in [4.69, 9.17) is 5.73 Å². The molecule has 0 aliphatic carbocycles. The van der Waals surface area contributed by atoms with Gasteiger partial charge in [0.25, 0.3) is 0 Å². The monoisotopic (exact) mass is 286 g/mol. The van der Waals surface area contributed by atoms with Crippen LogP contribution in [0.4, 0.5) is 18.9 Å². The van der Waals surface area contributed by atoms with Crippen molar-refractivity contribution < 1.29 is 13.2 Å². The maximum atomic E-state index is 12.7. The third-order valence-corrected chi connectivity index (χ3v) is 3.95. The fourth-order valence-corrected chi connectivity index (χ4v) is 2.83. The minimum atomic E-state index is -4.06. The number of alkyl halides is 3. The predicted octanol–water partition coefficient (Wildman–Crippen LogP) is 3.27. The van der Waals surface area contributed by atoms with E-state index in [2.05, 4.69) is 11.0 Å². The second-order valence-corrected chi connectivity index (χ2v) is 5.47. The van der Waals surface area contributed by atoms with Crippen molar-refractivity contribution in [1.29, 1.82) is 0 Å². The van der Waals surface area contributed by atoms with E-state index in [1.807, 2.05) is 19.1 Å². The molecule has 0 aromatic heterocycles. The molecule has 112 valence electrons. The van der Waals surface area contributed by atoms with Gasteiger partial charge in [0.05, 0.1) is 5.92 Å². The van der Waals surface area contributed by atoms with Crippen LogP contribution in [-0.2, 0) is 6.42 Å². The Morgan fingerprint density at radius 1 is 1.25 bits per heavy atom. The number of hydrogen-bond donors (Lipinski definition) is 1. The van der Waals surface area contributed by atoms with Crippen LogP contribution in [0.25, 0.3) is 0 Å². The van der Waals surface area contributed by atoms with E-state index >= 15 is 0 Å². The standard InChI is InChI=1S/C15H21F3N2/c1-11-2-3-14(12(10-11)4-7-19)20-8-5-13(6-9-20)15(16,17)18/h2-3,10,13H,4-9,19H2,1H3. The van der Waals surface area contributed by atoms with Crippen LogP contribution in [-0.4, -0.2) is 25.8 Å². The van der Waals surface area contributed by atoms with Crippen molar-refractivity contribution in [3.63, 3.8) is 0 Å². The zero-order valence-corrected chi connectivity index (χ0v) is 11.7. The largest absolute Gasteiger partial charge is 0.391 e. The summed E-state index contributed by atoms with van der Waals surface area (Å²) in [7, 11) is 0. The molecule has 1 aromatic rings. The topological polar surface area (TPSA) is 29.3 Å². The molecule has 2 nitrogen and oxygen atoms in total. The molecule has 0 radical (unpaired) electrons. The van der Waals surface area contributed by atoms with Gasteiger partial charge in [-0.1, -0.05) is 17.7 Å². The maximum Gasteiger partial charge on any atom is 0.391 e. The maximum absolute atomic E-state index is 12.7. The van der Waals surface area contributed by atoms with Crippen LogP contribution in [0, 0.1) is 12.8 Å². The lowest BCUT2D eigenvalue weighted by Gasteiger charge is -2.35. The van der Waals surface area contributed by atoms with Crippen molar-refractivity contribution >= 4 is 5.69 Å². The second-order valence-electron chi connectivity index (χ2n) is 5.47. The first kappa shape index (κ1) is 15.2. The Kier molecular flexibility index (Phi) is 4.58. The van der Waals surface area contributed by atoms with Gasteiger partial charge in [-0.3, -0.25) is 0 Å². The molecule has 1 aromatic carbocycles. The summed E-state index contributed by atoms with van der Waals surface area (Å²) < 4.78 is 38.1. The molecule has 0 unspecified atom stereocenters. The smallest absolute Gasteiger partial charge is 0.371 e. The van der Waals surface area contributed by atoms with Gasteiger partial charge in [0.1, 0.15) is 0 Å². The highest BCUT2D eigenvalue weighted by molar-refractivity contribution is 5.55. The van der Waals surface area contributed by atoms with Crippen molar-refractivity contribution in [2.75, 3.05) is 24.5 Å². The number of nitrogens with two attached hydrogens (primary N) is 1. The summed E-state index contributed by atoms with van der Waals surface area (Å²) in [6, 6.07) is 6.09. The molecule has 1 heterocycles. The third kappa shape index (κ3) is 3.45. The van der Waals surface area contributed by atoms with Gasteiger partial charge in [-0.05, 0) is 44.4 Å². The summed E-state index contributed by atoms with van der Waals surface area (Å²) in [5.41, 5.74) is 8.96. The third-order valence-electron chi connectivity index (χ3n) is 3.95. The van der Waals surface area contributed by atoms with Crippen molar-refractivity contribution in [1.82, 2.24) is 0 Å². The molecule has 2 rings (SSSR count). The Morgan fingerprint density at radius 2 is 1.90 bits per heavy atom.